The number of rotatable bonds is 3. The van der Waals surface area contributed by atoms with Crippen LogP contribution in [0.4, 0.5) is 5.69 Å². The molecule has 0 saturated carbocycles. The SMILES string of the molecule is NC(=O)c1ccc(NC(=O)c2ccc(Cl)c(Br)c2)cc1. The molecule has 102 valence electrons. The van der Waals surface area contributed by atoms with Gasteiger partial charge in [-0.05, 0) is 58.4 Å². The Balaban J connectivity index is 2.14. The van der Waals surface area contributed by atoms with E-state index in [0.29, 0.717) is 26.3 Å². The van der Waals surface area contributed by atoms with Crippen molar-refractivity contribution in [1.29, 1.82) is 0 Å². The zero-order valence-corrected chi connectivity index (χ0v) is 12.5. The Hall–Kier alpha value is -1.85. The van der Waals surface area contributed by atoms with E-state index in [4.69, 9.17) is 17.3 Å². The van der Waals surface area contributed by atoms with Gasteiger partial charge in [0.05, 0.1) is 5.02 Å². The Bertz CT molecular complexity index is 671. The van der Waals surface area contributed by atoms with Crippen LogP contribution in [0.5, 0.6) is 0 Å². The van der Waals surface area contributed by atoms with E-state index in [0.717, 1.165) is 0 Å². The van der Waals surface area contributed by atoms with E-state index in [1.807, 2.05) is 0 Å². The molecular weight excluding hydrogens is 344 g/mol. The number of nitrogens with one attached hydrogen (secondary N) is 1. The number of benzene rings is 2. The van der Waals surface area contributed by atoms with Crippen LogP contribution in [0, 0.1) is 0 Å². The zero-order chi connectivity index (χ0) is 14.7. The van der Waals surface area contributed by atoms with Gasteiger partial charge in [-0.1, -0.05) is 11.6 Å². The van der Waals surface area contributed by atoms with E-state index in [1.165, 1.54) is 0 Å². The van der Waals surface area contributed by atoms with E-state index in [-0.39, 0.29) is 5.91 Å². The van der Waals surface area contributed by atoms with Gasteiger partial charge < -0.3 is 11.1 Å². The van der Waals surface area contributed by atoms with Crippen molar-refractivity contribution < 1.29 is 9.59 Å². The fraction of sp³-hybridized carbons (Fsp3) is 0. The van der Waals surface area contributed by atoms with Gasteiger partial charge in [-0.25, -0.2) is 0 Å². The minimum Gasteiger partial charge on any atom is -0.366 e. The summed E-state index contributed by atoms with van der Waals surface area (Å²) in [5.74, 6) is -0.779. The largest absolute Gasteiger partial charge is 0.366 e. The lowest BCUT2D eigenvalue weighted by Gasteiger charge is -2.06. The summed E-state index contributed by atoms with van der Waals surface area (Å²) >= 11 is 9.13. The lowest BCUT2D eigenvalue weighted by Crippen LogP contribution is -2.13. The van der Waals surface area contributed by atoms with Gasteiger partial charge in [0.25, 0.3) is 5.91 Å². The van der Waals surface area contributed by atoms with Crippen molar-refractivity contribution in [3.8, 4) is 0 Å². The summed E-state index contributed by atoms with van der Waals surface area (Å²) in [6, 6.07) is 11.2. The third-order valence-electron chi connectivity index (χ3n) is 2.61. The number of carbonyl (C=O) groups is 2. The summed E-state index contributed by atoms with van der Waals surface area (Å²) in [5, 5.41) is 3.25. The maximum Gasteiger partial charge on any atom is 0.255 e. The van der Waals surface area contributed by atoms with E-state index in [2.05, 4.69) is 21.2 Å². The van der Waals surface area contributed by atoms with Crippen molar-refractivity contribution in [3.63, 3.8) is 0 Å². The number of nitrogens with two attached hydrogens (primary N) is 1. The molecular formula is C14H10BrClN2O2. The van der Waals surface area contributed by atoms with Crippen molar-refractivity contribution in [2.24, 2.45) is 5.73 Å². The van der Waals surface area contributed by atoms with Gasteiger partial charge >= 0.3 is 0 Å². The van der Waals surface area contributed by atoms with E-state index >= 15 is 0 Å². The molecule has 0 atom stereocenters. The highest BCUT2D eigenvalue weighted by atomic mass is 79.9. The fourth-order valence-corrected chi connectivity index (χ4v) is 2.05. The maximum atomic E-state index is 12.0. The molecule has 0 aliphatic heterocycles. The van der Waals surface area contributed by atoms with Crippen molar-refractivity contribution in [3.05, 3.63) is 63.1 Å². The fourth-order valence-electron chi connectivity index (χ4n) is 1.56. The van der Waals surface area contributed by atoms with Gasteiger partial charge in [0.2, 0.25) is 5.91 Å². The highest BCUT2D eigenvalue weighted by Crippen LogP contribution is 2.23. The van der Waals surface area contributed by atoms with Gasteiger partial charge in [0.1, 0.15) is 0 Å². The standard InChI is InChI=1S/C14H10BrClN2O2/c15-11-7-9(3-6-12(11)16)14(20)18-10-4-1-8(2-5-10)13(17)19/h1-7H,(H2,17,19)(H,18,20). The lowest BCUT2D eigenvalue weighted by molar-refractivity contribution is 0.0998. The molecule has 2 amide bonds. The average Bonchev–Trinajstić information content (AvgIpc) is 2.42. The lowest BCUT2D eigenvalue weighted by atomic mass is 10.2. The summed E-state index contributed by atoms with van der Waals surface area (Å²) in [4.78, 5) is 23.0. The van der Waals surface area contributed by atoms with Crippen LogP contribution in [0.15, 0.2) is 46.9 Å². The summed E-state index contributed by atoms with van der Waals surface area (Å²) in [5.41, 5.74) is 6.58. The van der Waals surface area contributed by atoms with Crippen LogP contribution in [-0.4, -0.2) is 11.8 Å². The first-order valence-corrected chi connectivity index (χ1v) is 6.81. The molecule has 0 aliphatic rings. The molecule has 0 aliphatic carbocycles. The molecule has 2 rings (SSSR count). The first-order chi connectivity index (χ1) is 9.47. The smallest absolute Gasteiger partial charge is 0.255 e. The zero-order valence-electron chi connectivity index (χ0n) is 10.2. The summed E-state index contributed by atoms with van der Waals surface area (Å²) in [6.07, 6.45) is 0. The molecule has 4 nitrogen and oxygen atoms in total. The van der Waals surface area contributed by atoms with Gasteiger partial charge in [0.15, 0.2) is 0 Å². The quantitative estimate of drug-likeness (QED) is 0.887. The van der Waals surface area contributed by atoms with Crippen molar-refractivity contribution >= 4 is 45.0 Å². The first kappa shape index (κ1) is 14.6. The van der Waals surface area contributed by atoms with Gasteiger partial charge in [-0.15, -0.1) is 0 Å². The topological polar surface area (TPSA) is 72.2 Å². The van der Waals surface area contributed by atoms with Gasteiger partial charge in [-0.2, -0.15) is 0 Å². The van der Waals surface area contributed by atoms with Crippen LogP contribution < -0.4 is 11.1 Å². The minimum atomic E-state index is -0.510. The number of primary amides is 1. The third kappa shape index (κ3) is 3.37. The molecule has 0 bridgehead atoms. The van der Waals surface area contributed by atoms with Crippen molar-refractivity contribution in [2.45, 2.75) is 0 Å². The van der Waals surface area contributed by atoms with Crippen LogP contribution >= 0.6 is 27.5 Å². The molecule has 0 heterocycles. The molecule has 3 N–H and O–H groups in total. The second-order valence-electron chi connectivity index (χ2n) is 4.02. The summed E-state index contributed by atoms with van der Waals surface area (Å²) in [6.45, 7) is 0. The molecule has 2 aromatic rings. The van der Waals surface area contributed by atoms with Crippen LogP contribution in [0.1, 0.15) is 20.7 Å². The Morgan fingerprint density at radius 3 is 2.20 bits per heavy atom. The Morgan fingerprint density at radius 1 is 1.05 bits per heavy atom. The maximum absolute atomic E-state index is 12.0. The number of anilines is 1. The van der Waals surface area contributed by atoms with E-state index < -0.39 is 5.91 Å². The molecule has 0 unspecified atom stereocenters. The monoisotopic (exact) mass is 352 g/mol. The summed E-state index contributed by atoms with van der Waals surface area (Å²) < 4.78 is 0.649. The normalized spacial score (nSPS) is 10.1. The number of halogens is 2. The molecule has 0 fully saturated rings. The average molecular weight is 354 g/mol. The van der Waals surface area contributed by atoms with Crippen LogP contribution in [0.3, 0.4) is 0 Å². The Kier molecular flexibility index (Phi) is 4.42. The predicted molar refractivity (Wildman–Crippen MR) is 82.1 cm³/mol. The summed E-state index contributed by atoms with van der Waals surface area (Å²) in [7, 11) is 0. The van der Waals surface area contributed by atoms with E-state index in [9.17, 15) is 9.59 Å². The highest BCUT2D eigenvalue weighted by molar-refractivity contribution is 9.10. The highest BCUT2D eigenvalue weighted by Gasteiger charge is 2.08. The Labute approximate surface area is 129 Å². The van der Waals surface area contributed by atoms with Crippen LogP contribution in [-0.2, 0) is 0 Å². The molecule has 0 spiro atoms. The third-order valence-corrected chi connectivity index (χ3v) is 3.82. The van der Waals surface area contributed by atoms with Gasteiger partial charge in [-0.3, -0.25) is 9.59 Å². The number of amides is 2. The molecule has 2 aromatic carbocycles. The molecule has 20 heavy (non-hydrogen) atoms. The minimum absolute atomic E-state index is 0.269. The second kappa shape index (κ2) is 6.07. The molecule has 0 aromatic heterocycles. The number of carbonyl (C=O) groups excluding carboxylic acids is 2. The van der Waals surface area contributed by atoms with Crippen LogP contribution in [0.2, 0.25) is 5.02 Å². The number of hydrogen-bond donors (Lipinski definition) is 2. The Morgan fingerprint density at radius 2 is 1.65 bits per heavy atom. The second-order valence-corrected chi connectivity index (χ2v) is 5.29. The van der Waals surface area contributed by atoms with Crippen molar-refractivity contribution in [2.75, 3.05) is 5.32 Å². The number of hydrogen-bond acceptors (Lipinski definition) is 2. The van der Waals surface area contributed by atoms with Crippen LogP contribution in [0.25, 0.3) is 0 Å². The van der Waals surface area contributed by atoms with Crippen molar-refractivity contribution in [1.82, 2.24) is 0 Å². The molecule has 0 saturated heterocycles. The van der Waals surface area contributed by atoms with E-state index in [1.54, 1.807) is 42.5 Å². The van der Waals surface area contributed by atoms with Gasteiger partial charge in [0, 0.05) is 21.3 Å². The predicted octanol–water partition coefficient (Wildman–Crippen LogP) is 3.45. The molecule has 6 heteroatoms. The molecule has 0 radical (unpaired) electrons. The first-order valence-electron chi connectivity index (χ1n) is 5.63.